The Morgan fingerprint density at radius 1 is 1.21 bits per heavy atom. The summed E-state index contributed by atoms with van der Waals surface area (Å²) in [4.78, 5) is 26.2. The molecule has 2 N–H and O–H groups in total. The van der Waals surface area contributed by atoms with E-state index in [4.69, 9.17) is 34.8 Å². The van der Waals surface area contributed by atoms with E-state index in [1.54, 1.807) is 0 Å². The third-order valence-corrected chi connectivity index (χ3v) is 4.91. The first-order valence-corrected chi connectivity index (χ1v) is 8.98. The van der Waals surface area contributed by atoms with Crippen LogP contribution in [0.15, 0.2) is 12.1 Å². The van der Waals surface area contributed by atoms with E-state index in [1.165, 1.54) is 12.1 Å². The minimum Gasteiger partial charge on any atom is -0.356 e. The van der Waals surface area contributed by atoms with Crippen molar-refractivity contribution in [3.8, 4) is 0 Å². The lowest BCUT2D eigenvalue weighted by molar-refractivity contribution is -0.127. The molecule has 0 aliphatic carbocycles. The number of hydrogen-bond donors (Lipinski definition) is 2. The minimum absolute atomic E-state index is 0.0511. The number of carbonyl (C=O) groups is 2. The second-order valence-corrected chi connectivity index (χ2v) is 6.98. The second kappa shape index (κ2) is 8.90. The molecule has 1 aliphatic rings. The van der Waals surface area contributed by atoms with Gasteiger partial charge in [0, 0.05) is 13.1 Å². The smallest absolute Gasteiger partial charge is 0.238 e. The van der Waals surface area contributed by atoms with E-state index in [0.29, 0.717) is 33.8 Å². The maximum atomic E-state index is 12.2. The molecule has 1 heterocycles. The summed E-state index contributed by atoms with van der Waals surface area (Å²) in [5.74, 6) is -0.220. The molecule has 1 aliphatic heterocycles. The van der Waals surface area contributed by atoms with Crippen LogP contribution in [0.2, 0.25) is 15.1 Å². The first kappa shape index (κ1) is 19.3. The fourth-order valence-electron chi connectivity index (χ4n) is 2.74. The van der Waals surface area contributed by atoms with Crippen molar-refractivity contribution < 1.29 is 9.59 Å². The van der Waals surface area contributed by atoms with Crippen LogP contribution in [0.5, 0.6) is 0 Å². The van der Waals surface area contributed by atoms with Crippen LogP contribution < -0.4 is 10.6 Å². The highest BCUT2D eigenvalue weighted by Gasteiger charge is 2.26. The van der Waals surface area contributed by atoms with Crippen molar-refractivity contribution in [2.24, 2.45) is 5.92 Å². The summed E-state index contributed by atoms with van der Waals surface area (Å²) < 4.78 is 0. The highest BCUT2D eigenvalue weighted by atomic mass is 35.5. The number of nitrogens with one attached hydrogen (secondary N) is 2. The average Bonchev–Trinajstić information content (AvgIpc) is 2.53. The van der Waals surface area contributed by atoms with E-state index in [2.05, 4.69) is 10.6 Å². The van der Waals surface area contributed by atoms with Crippen LogP contribution in [-0.2, 0) is 9.59 Å². The van der Waals surface area contributed by atoms with E-state index in [1.807, 2.05) is 11.8 Å². The lowest BCUT2D eigenvalue weighted by Crippen LogP contribution is -2.45. The Labute approximate surface area is 156 Å². The zero-order valence-corrected chi connectivity index (χ0v) is 15.6. The Bertz CT molecular complexity index is 625. The average molecular weight is 393 g/mol. The standard InChI is InChI=1S/C16H20Cl3N3O2/c1-2-20-16(24)10-4-3-5-22(8-10)9-15(23)21-14-7-12(18)11(17)6-13(14)19/h6-7,10H,2-5,8-9H2,1H3,(H,20,24)(H,21,23). The van der Waals surface area contributed by atoms with Gasteiger partial charge in [-0.15, -0.1) is 0 Å². The molecular weight excluding hydrogens is 373 g/mol. The van der Waals surface area contributed by atoms with Gasteiger partial charge >= 0.3 is 0 Å². The Hall–Kier alpha value is -1.01. The van der Waals surface area contributed by atoms with Crippen LogP contribution in [-0.4, -0.2) is 42.9 Å². The number of anilines is 1. The molecule has 1 unspecified atom stereocenters. The Morgan fingerprint density at radius 3 is 2.62 bits per heavy atom. The molecule has 1 aromatic rings. The molecule has 1 saturated heterocycles. The van der Waals surface area contributed by atoms with E-state index < -0.39 is 0 Å². The topological polar surface area (TPSA) is 61.4 Å². The maximum absolute atomic E-state index is 12.2. The predicted molar refractivity (Wildman–Crippen MR) is 97.9 cm³/mol. The fraction of sp³-hybridized carbons (Fsp3) is 0.500. The molecular formula is C16H20Cl3N3O2. The number of hydrogen-bond acceptors (Lipinski definition) is 3. The van der Waals surface area contributed by atoms with Crippen molar-refractivity contribution in [2.75, 3.05) is 31.5 Å². The molecule has 24 heavy (non-hydrogen) atoms. The number of nitrogens with zero attached hydrogens (tertiary/aromatic N) is 1. The number of rotatable bonds is 5. The molecule has 5 nitrogen and oxygen atoms in total. The second-order valence-electron chi connectivity index (χ2n) is 5.76. The summed E-state index contributed by atoms with van der Waals surface area (Å²) in [6, 6.07) is 3.02. The van der Waals surface area contributed by atoms with E-state index >= 15 is 0 Å². The lowest BCUT2D eigenvalue weighted by atomic mass is 9.97. The van der Waals surface area contributed by atoms with Crippen molar-refractivity contribution in [3.05, 3.63) is 27.2 Å². The van der Waals surface area contributed by atoms with Gasteiger partial charge in [0.25, 0.3) is 0 Å². The lowest BCUT2D eigenvalue weighted by Gasteiger charge is -2.31. The number of piperidine rings is 1. The van der Waals surface area contributed by atoms with Crippen molar-refractivity contribution in [1.29, 1.82) is 0 Å². The largest absolute Gasteiger partial charge is 0.356 e. The van der Waals surface area contributed by atoms with Crippen LogP contribution in [0.4, 0.5) is 5.69 Å². The fourth-order valence-corrected chi connectivity index (χ4v) is 3.34. The Morgan fingerprint density at radius 2 is 1.92 bits per heavy atom. The van der Waals surface area contributed by atoms with Gasteiger partial charge in [-0.05, 0) is 38.4 Å². The quantitative estimate of drug-likeness (QED) is 0.755. The van der Waals surface area contributed by atoms with Gasteiger partial charge in [-0.1, -0.05) is 34.8 Å². The summed E-state index contributed by atoms with van der Waals surface area (Å²) in [6.07, 6.45) is 1.74. The van der Waals surface area contributed by atoms with E-state index in [-0.39, 0.29) is 24.3 Å². The Kier molecular flexibility index (Phi) is 7.16. The molecule has 2 rings (SSSR count). The summed E-state index contributed by atoms with van der Waals surface area (Å²) in [6.45, 7) is 4.08. The van der Waals surface area contributed by atoms with Crippen molar-refractivity contribution in [3.63, 3.8) is 0 Å². The molecule has 0 radical (unpaired) electrons. The zero-order chi connectivity index (χ0) is 17.7. The molecule has 1 atom stereocenters. The molecule has 0 aromatic heterocycles. The van der Waals surface area contributed by atoms with Gasteiger partial charge in [0.1, 0.15) is 0 Å². The van der Waals surface area contributed by atoms with Crippen molar-refractivity contribution >= 4 is 52.3 Å². The zero-order valence-electron chi connectivity index (χ0n) is 13.4. The molecule has 0 spiro atoms. The van der Waals surface area contributed by atoms with Crippen LogP contribution in [0, 0.1) is 5.92 Å². The normalized spacial score (nSPS) is 18.2. The molecule has 0 bridgehead atoms. The molecule has 0 saturated carbocycles. The summed E-state index contributed by atoms with van der Waals surface area (Å²) in [7, 11) is 0. The van der Waals surface area contributed by atoms with E-state index in [9.17, 15) is 9.59 Å². The van der Waals surface area contributed by atoms with Gasteiger partial charge in [-0.25, -0.2) is 0 Å². The first-order valence-electron chi connectivity index (χ1n) is 7.85. The number of halogens is 3. The van der Waals surface area contributed by atoms with Gasteiger partial charge in [0.15, 0.2) is 0 Å². The van der Waals surface area contributed by atoms with Crippen LogP contribution >= 0.6 is 34.8 Å². The molecule has 1 aromatic carbocycles. The molecule has 2 amide bonds. The maximum Gasteiger partial charge on any atom is 0.238 e. The van der Waals surface area contributed by atoms with Gasteiger partial charge in [-0.3, -0.25) is 14.5 Å². The third kappa shape index (κ3) is 5.24. The van der Waals surface area contributed by atoms with E-state index in [0.717, 1.165) is 19.4 Å². The SMILES string of the molecule is CCNC(=O)C1CCCN(CC(=O)Nc2cc(Cl)c(Cl)cc2Cl)C1. The van der Waals surface area contributed by atoms with Crippen LogP contribution in [0.3, 0.4) is 0 Å². The van der Waals surface area contributed by atoms with Crippen LogP contribution in [0.1, 0.15) is 19.8 Å². The van der Waals surface area contributed by atoms with Crippen molar-refractivity contribution in [2.45, 2.75) is 19.8 Å². The highest BCUT2D eigenvalue weighted by molar-refractivity contribution is 6.44. The summed E-state index contributed by atoms with van der Waals surface area (Å²) >= 11 is 17.9. The molecule has 132 valence electrons. The first-order chi connectivity index (χ1) is 11.4. The van der Waals surface area contributed by atoms with Gasteiger partial charge < -0.3 is 10.6 Å². The number of carbonyl (C=O) groups excluding carboxylic acids is 2. The number of benzene rings is 1. The molecule has 1 fully saturated rings. The van der Waals surface area contributed by atoms with Crippen LogP contribution in [0.25, 0.3) is 0 Å². The number of amides is 2. The van der Waals surface area contributed by atoms with Gasteiger partial charge in [-0.2, -0.15) is 0 Å². The minimum atomic E-state index is -0.202. The van der Waals surface area contributed by atoms with Crippen molar-refractivity contribution in [1.82, 2.24) is 10.2 Å². The van der Waals surface area contributed by atoms with Gasteiger partial charge in [0.2, 0.25) is 11.8 Å². The summed E-state index contributed by atoms with van der Waals surface area (Å²) in [5.41, 5.74) is 0.424. The Balaban J connectivity index is 1.92. The molecule has 8 heteroatoms. The predicted octanol–water partition coefficient (Wildman–Crippen LogP) is 3.43. The summed E-state index contributed by atoms with van der Waals surface area (Å²) in [5, 5.41) is 6.56. The third-order valence-electron chi connectivity index (χ3n) is 3.88. The van der Waals surface area contributed by atoms with Gasteiger partial charge in [0.05, 0.1) is 33.2 Å². The highest BCUT2D eigenvalue weighted by Crippen LogP contribution is 2.32. The number of likely N-dealkylation sites (tertiary alicyclic amines) is 1. The monoisotopic (exact) mass is 391 g/mol.